The van der Waals surface area contributed by atoms with Crippen LogP contribution in [0, 0.1) is 12.8 Å². The van der Waals surface area contributed by atoms with E-state index in [-0.39, 0.29) is 11.8 Å². The Bertz CT molecular complexity index is 302. The lowest BCUT2D eigenvalue weighted by Gasteiger charge is -1.96. The van der Waals surface area contributed by atoms with E-state index in [2.05, 4.69) is 10.3 Å². The van der Waals surface area contributed by atoms with Crippen molar-refractivity contribution in [1.82, 2.24) is 4.98 Å². The summed E-state index contributed by atoms with van der Waals surface area (Å²) >= 11 is 0. The van der Waals surface area contributed by atoms with Gasteiger partial charge in [0.05, 0.1) is 6.20 Å². The first-order chi connectivity index (χ1) is 5.75. The van der Waals surface area contributed by atoms with Crippen molar-refractivity contribution in [2.24, 2.45) is 5.92 Å². The van der Waals surface area contributed by atoms with Gasteiger partial charge in [0, 0.05) is 5.92 Å². The van der Waals surface area contributed by atoms with Crippen molar-refractivity contribution in [2.45, 2.75) is 19.8 Å². The van der Waals surface area contributed by atoms with E-state index in [1.807, 2.05) is 0 Å². The Balaban J connectivity index is 1.98. The summed E-state index contributed by atoms with van der Waals surface area (Å²) in [5, 5.41) is 2.61. The average Bonchev–Trinajstić information content (AvgIpc) is 2.78. The Morgan fingerprint density at radius 2 is 2.50 bits per heavy atom. The van der Waals surface area contributed by atoms with Gasteiger partial charge in [-0.25, -0.2) is 4.98 Å². The van der Waals surface area contributed by atoms with Gasteiger partial charge in [-0.15, -0.1) is 0 Å². The highest BCUT2D eigenvalue weighted by Gasteiger charge is 2.30. The largest absolute Gasteiger partial charge is 0.429 e. The Morgan fingerprint density at radius 3 is 3.00 bits per heavy atom. The summed E-state index contributed by atoms with van der Waals surface area (Å²) in [4.78, 5) is 15.0. The molecule has 64 valence electrons. The maximum Gasteiger partial charge on any atom is 0.301 e. The highest BCUT2D eigenvalue weighted by molar-refractivity contribution is 5.92. The van der Waals surface area contributed by atoms with E-state index in [0.717, 1.165) is 12.8 Å². The zero-order valence-electron chi connectivity index (χ0n) is 6.83. The van der Waals surface area contributed by atoms with E-state index in [9.17, 15) is 4.79 Å². The first kappa shape index (κ1) is 7.34. The molecule has 1 saturated carbocycles. The van der Waals surface area contributed by atoms with Gasteiger partial charge in [-0.3, -0.25) is 10.1 Å². The predicted octanol–water partition coefficient (Wildman–Crippen LogP) is 1.33. The number of hydrogen-bond acceptors (Lipinski definition) is 3. The van der Waals surface area contributed by atoms with Gasteiger partial charge in [-0.1, -0.05) is 0 Å². The quantitative estimate of drug-likeness (QED) is 0.721. The third-order valence-electron chi connectivity index (χ3n) is 1.80. The summed E-state index contributed by atoms with van der Waals surface area (Å²) in [6.07, 6.45) is 3.57. The molecule has 0 bridgehead atoms. The minimum atomic E-state index is 0.0249. The molecule has 0 aliphatic heterocycles. The number of amides is 1. The number of nitrogens with zero attached hydrogens (tertiary/aromatic N) is 1. The molecule has 0 unspecified atom stereocenters. The molecule has 0 aromatic carbocycles. The Kier molecular flexibility index (Phi) is 1.60. The first-order valence-corrected chi connectivity index (χ1v) is 3.99. The molecule has 1 fully saturated rings. The van der Waals surface area contributed by atoms with Gasteiger partial charge in [-0.05, 0) is 19.8 Å². The number of oxazole rings is 1. The molecule has 4 heteroatoms. The van der Waals surface area contributed by atoms with Crippen LogP contribution in [0.15, 0.2) is 10.6 Å². The fourth-order valence-electron chi connectivity index (χ4n) is 0.965. The molecule has 1 heterocycles. The first-order valence-electron chi connectivity index (χ1n) is 3.99. The van der Waals surface area contributed by atoms with Gasteiger partial charge < -0.3 is 4.42 Å². The summed E-state index contributed by atoms with van der Waals surface area (Å²) in [5.74, 6) is 0.926. The molecular formula is C8H10N2O2. The second kappa shape index (κ2) is 2.62. The molecule has 1 N–H and O–H groups in total. The van der Waals surface area contributed by atoms with Crippen molar-refractivity contribution < 1.29 is 9.21 Å². The summed E-state index contributed by atoms with van der Waals surface area (Å²) in [6.45, 7) is 1.79. The highest BCUT2D eigenvalue weighted by atomic mass is 16.4. The van der Waals surface area contributed by atoms with Crippen LogP contribution in [0.25, 0.3) is 0 Å². The molecule has 1 aromatic rings. The van der Waals surface area contributed by atoms with Crippen LogP contribution in [0.3, 0.4) is 0 Å². The lowest BCUT2D eigenvalue weighted by molar-refractivity contribution is -0.117. The number of rotatable bonds is 2. The summed E-state index contributed by atoms with van der Waals surface area (Å²) < 4.78 is 5.09. The molecular weight excluding hydrogens is 156 g/mol. The molecule has 1 aliphatic carbocycles. The van der Waals surface area contributed by atoms with Gasteiger partial charge in [0.15, 0.2) is 0 Å². The van der Waals surface area contributed by atoms with Crippen LogP contribution in [0.4, 0.5) is 6.01 Å². The lowest BCUT2D eigenvalue weighted by Crippen LogP contribution is -2.13. The van der Waals surface area contributed by atoms with Crippen molar-refractivity contribution in [1.29, 1.82) is 0 Å². The van der Waals surface area contributed by atoms with E-state index >= 15 is 0 Å². The number of aromatic nitrogens is 1. The number of hydrogen-bond donors (Lipinski definition) is 1. The Morgan fingerprint density at radius 1 is 1.75 bits per heavy atom. The fraction of sp³-hybridized carbons (Fsp3) is 0.500. The smallest absolute Gasteiger partial charge is 0.301 e. The summed E-state index contributed by atoms with van der Waals surface area (Å²) in [6, 6.07) is 0.310. The monoisotopic (exact) mass is 166 g/mol. The molecule has 0 radical (unpaired) electrons. The third kappa shape index (κ3) is 1.47. The van der Waals surface area contributed by atoms with Gasteiger partial charge in [0.2, 0.25) is 5.91 Å². The average molecular weight is 166 g/mol. The van der Waals surface area contributed by atoms with E-state index in [0.29, 0.717) is 11.8 Å². The zero-order valence-corrected chi connectivity index (χ0v) is 6.83. The molecule has 1 amide bonds. The summed E-state index contributed by atoms with van der Waals surface area (Å²) in [7, 11) is 0. The van der Waals surface area contributed by atoms with Crippen LogP contribution >= 0.6 is 0 Å². The number of carbonyl (C=O) groups is 1. The van der Waals surface area contributed by atoms with Crippen molar-refractivity contribution in [3.63, 3.8) is 0 Å². The molecule has 1 aromatic heterocycles. The van der Waals surface area contributed by atoms with E-state index in [1.54, 1.807) is 13.1 Å². The van der Waals surface area contributed by atoms with Gasteiger partial charge >= 0.3 is 6.01 Å². The Hall–Kier alpha value is -1.32. The number of aryl methyl sites for hydroxylation is 1. The van der Waals surface area contributed by atoms with Crippen LogP contribution in [0.1, 0.15) is 18.6 Å². The van der Waals surface area contributed by atoms with Crippen molar-refractivity contribution in [3.8, 4) is 0 Å². The SMILES string of the molecule is Cc1cnc(NC(=O)C2CC2)o1. The van der Waals surface area contributed by atoms with Crippen LogP contribution < -0.4 is 5.32 Å². The van der Waals surface area contributed by atoms with Crippen LogP contribution in [-0.2, 0) is 4.79 Å². The normalized spacial score (nSPS) is 16.1. The fourth-order valence-corrected chi connectivity index (χ4v) is 0.965. The maximum absolute atomic E-state index is 11.2. The van der Waals surface area contributed by atoms with Gasteiger partial charge in [-0.2, -0.15) is 0 Å². The second-order valence-electron chi connectivity index (χ2n) is 3.04. The highest BCUT2D eigenvalue weighted by Crippen LogP contribution is 2.29. The lowest BCUT2D eigenvalue weighted by atomic mass is 10.4. The van der Waals surface area contributed by atoms with Crippen molar-refractivity contribution >= 4 is 11.9 Å². The Labute approximate surface area is 70.0 Å². The zero-order chi connectivity index (χ0) is 8.55. The van der Waals surface area contributed by atoms with Gasteiger partial charge in [0.25, 0.3) is 0 Å². The molecule has 0 spiro atoms. The molecule has 0 atom stereocenters. The van der Waals surface area contributed by atoms with Crippen molar-refractivity contribution in [3.05, 3.63) is 12.0 Å². The van der Waals surface area contributed by atoms with Gasteiger partial charge in [0.1, 0.15) is 5.76 Å². The predicted molar refractivity (Wildman–Crippen MR) is 42.6 cm³/mol. The number of nitrogens with one attached hydrogen (secondary N) is 1. The van der Waals surface area contributed by atoms with E-state index in [1.165, 1.54) is 0 Å². The molecule has 4 nitrogen and oxygen atoms in total. The number of anilines is 1. The maximum atomic E-state index is 11.2. The topological polar surface area (TPSA) is 55.1 Å². The van der Waals surface area contributed by atoms with Crippen LogP contribution in [0.2, 0.25) is 0 Å². The molecule has 1 aliphatic rings. The second-order valence-corrected chi connectivity index (χ2v) is 3.04. The standard InChI is InChI=1S/C8H10N2O2/c1-5-4-9-8(12-5)10-7(11)6-2-3-6/h4,6H,2-3H2,1H3,(H,9,10,11). The number of carbonyl (C=O) groups excluding carboxylic acids is 1. The van der Waals surface area contributed by atoms with Crippen molar-refractivity contribution in [2.75, 3.05) is 5.32 Å². The van der Waals surface area contributed by atoms with Crippen LogP contribution in [0.5, 0.6) is 0 Å². The van der Waals surface area contributed by atoms with E-state index < -0.39 is 0 Å². The minimum Gasteiger partial charge on any atom is -0.429 e. The molecule has 0 saturated heterocycles. The summed E-state index contributed by atoms with van der Waals surface area (Å²) in [5.41, 5.74) is 0. The third-order valence-corrected chi connectivity index (χ3v) is 1.80. The minimum absolute atomic E-state index is 0.0249. The van der Waals surface area contributed by atoms with Crippen LogP contribution in [-0.4, -0.2) is 10.9 Å². The van der Waals surface area contributed by atoms with E-state index in [4.69, 9.17) is 4.42 Å². The molecule has 2 rings (SSSR count). The molecule has 12 heavy (non-hydrogen) atoms.